The number of carbonyl (C=O) groups is 1. The maximum Gasteiger partial charge on any atom is 0.344 e. The van der Waals surface area contributed by atoms with Crippen molar-refractivity contribution in [1.29, 1.82) is 0 Å². The van der Waals surface area contributed by atoms with Crippen LogP contribution in [0.5, 0.6) is 0 Å². The van der Waals surface area contributed by atoms with Gasteiger partial charge in [-0.3, -0.25) is 0 Å². The second-order valence-corrected chi connectivity index (χ2v) is 2.96. The normalized spacial score (nSPS) is 16.4. The molecule has 0 unspecified atom stereocenters. The van der Waals surface area contributed by atoms with Gasteiger partial charge in [0, 0.05) is 5.22 Å². The summed E-state index contributed by atoms with van der Waals surface area (Å²) >= 11 is 0. The lowest BCUT2D eigenvalue weighted by Gasteiger charge is -2.08. The Labute approximate surface area is 78.4 Å². The molecule has 1 aromatic carbocycles. The molecule has 0 bridgehead atoms. The summed E-state index contributed by atoms with van der Waals surface area (Å²) in [4.78, 5) is 15.5. The number of carbonyl (C=O) groups excluding carboxylic acids is 1. The average molecular weight is 187 g/mol. The Hall–Kier alpha value is -2.04. The fourth-order valence-electron chi connectivity index (χ4n) is 1.52. The van der Waals surface area contributed by atoms with E-state index >= 15 is 0 Å². The smallest absolute Gasteiger partial charge is 0.344 e. The molecule has 5 nitrogen and oxygen atoms in total. The molecule has 5 heteroatoms. The lowest BCUT2D eigenvalue weighted by atomic mass is 10.1. The van der Waals surface area contributed by atoms with Crippen molar-refractivity contribution in [2.45, 2.75) is 0 Å². The predicted octanol–water partition coefficient (Wildman–Crippen LogP) is 0.269. The van der Waals surface area contributed by atoms with Gasteiger partial charge in [-0.1, -0.05) is 0 Å². The van der Waals surface area contributed by atoms with Crippen molar-refractivity contribution in [3.63, 3.8) is 0 Å². The minimum absolute atomic E-state index is 0.0888. The molecular weight excluding hydrogens is 182 g/mol. The zero-order valence-electron chi connectivity index (χ0n) is 7.10. The first-order valence-corrected chi connectivity index (χ1v) is 4.12. The number of fused-ring (bicyclic) bond motifs is 3. The van der Waals surface area contributed by atoms with Gasteiger partial charge < -0.3 is 4.74 Å². The molecule has 2 aliphatic heterocycles. The van der Waals surface area contributed by atoms with E-state index in [1.807, 2.05) is 6.07 Å². The van der Waals surface area contributed by atoms with Crippen molar-refractivity contribution < 1.29 is 9.53 Å². The van der Waals surface area contributed by atoms with Crippen LogP contribution >= 0.6 is 0 Å². The molecule has 0 atom stereocenters. The summed E-state index contributed by atoms with van der Waals surface area (Å²) in [5.41, 5.74) is 0.988. The van der Waals surface area contributed by atoms with Crippen molar-refractivity contribution in [1.82, 2.24) is 0 Å². The number of cyclic esters (lactones) is 1. The molecule has 0 spiro atoms. The van der Waals surface area contributed by atoms with Crippen LogP contribution in [0.2, 0.25) is 0 Å². The minimum Gasteiger partial charge on any atom is -0.439 e. The third-order valence-electron chi connectivity index (χ3n) is 2.18. The van der Waals surface area contributed by atoms with E-state index in [9.17, 15) is 4.79 Å². The monoisotopic (exact) mass is 187 g/mol. The van der Waals surface area contributed by atoms with Crippen LogP contribution in [0.4, 0.5) is 5.69 Å². The van der Waals surface area contributed by atoms with Gasteiger partial charge in [0.15, 0.2) is 6.73 Å². The van der Waals surface area contributed by atoms with Gasteiger partial charge in [0.05, 0.1) is 11.6 Å². The highest BCUT2D eigenvalue weighted by Crippen LogP contribution is 2.17. The third-order valence-corrected chi connectivity index (χ3v) is 2.18. The number of hydrogen-bond acceptors (Lipinski definition) is 5. The maximum atomic E-state index is 11.4. The maximum absolute atomic E-state index is 11.4. The van der Waals surface area contributed by atoms with E-state index in [-0.39, 0.29) is 12.7 Å². The van der Waals surface area contributed by atoms with Crippen LogP contribution in [-0.4, -0.2) is 12.7 Å². The van der Waals surface area contributed by atoms with Crippen LogP contribution in [0.1, 0.15) is 10.4 Å². The van der Waals surface area contributed by atoms with Gasteiger partial charge in [-0.15, -0.1) is 5.11 Å². The molecule has 0 amide bonds. The van der Waals surface area contributed by atoms with E-state index in [1.54, 1.807) is 12.3 Å². The SMILES string of the molecule is O=C1OCN=c2ccc3c(c21)N=NC=3. The van der Waals surface area contributed by atoms with Crippen molar-refractivity contribution in [2.24, 2.45) is 15.2 Å². The van der Waals surface area contributed by atoms with Crippen LogP contribution in [0.15, 0.2) is 27.4 Å². The highest BCUT2D eigenvalue weighted by molar-refractivity contribution is 5.95. The molecule has 68 valence electrons. The molecule has 0 saturated carbocycles. The van der Waals surface area contributed by atoms with Gasteiger partial charge in [-0.05, 0) is 12.1 Å². The zero-order valence-corrected chi connectivity index (χ0v) is 7.10. The van der Waals surface area contributed by atoms with Crippen LogP contribution in [0.3, 0.4) is 0 Å². The molecule has 2 aliphatic rings. The van der Waals surface area contributed by atoms with Crippen molar-refractivity contribution in [2.75, 3.05) is 6.73 Å². The van der Waals surface area contributed by atoms with E-state index in [0.717, 1.165) is 5.22 Å². The van der Waals surface area contributed by atoms with E-state index in [0.29, 0.717) is 16.6 Å². The fourth-order valence-corrected chi connectivity index (χ4v) is 1.52. The van der Waals surface area contributed by atoms with Crippen molar-refractivity contribution in [3.8, 4) is 0 Å². The number of benzene rings is 1. The molecular formula is C9H5N3O2. The molecule has 14 heavy (non-hydrogen) atoms. The number of esters is 1. The Bertz CT molecular complexity index is 574. The van der Waals surface area contributed by atoms with E-state index in [1.165, 1.54) is 0 Å². The third kappa shape index (κ3) is 0.834. The lowest BCUT2D eigenvalue weighted by molar-refractivity contribution is 0.0492. The Balaban J connectivity index is 2.48. The minimum atomic E-state index is -0.374. The summed E-state index contributed by atoms with van der Waals surface area (Å²) in [6.07, 6.45) is 1.61. The van der Waals surface area contributed by atoms with Gasteiger partial charge in [-0.2, -0.15) is 5.11 Å². The van der Waals surface area contributed by atoms with Gasteiger partial charge in [0.2, 0.25) is 0 Å². The summed E-state index contributed by atoms with van der Waals surface area (Å²) in [5.74, 6) is -0.374. The molecule has 0 N–H and O–H groups in total. The zero-order chi connectivity index (χ0) is 9.54. The lowest BCUT2D eigenvalue weighted by Crippen LogP contribution is -2.26. The van der Waals surface area contributed by atoms with E-state index in [2.05, 4.69) is 15.2 Å². The fraction of sp³-hybridized carbons (Fsp3) is 0.111. The van der Waals surface area contributed by atoms with Crippen LogP contribution in [-0.2, 0) is 4.74 Å². The second kappa shape index (κ2) is 2.47. The second-order valence-electron chi connectivity index (χ2n) is 2.96. The first kappa shape index (κ1) is 7.37. The van der Waals surface area contributed by atoms with Crippen LogP contribution < -0.4 is 10.6 Å². The molecule has 0 radical (unpaired) electrons. The van der Waals surface area contributed by atoms with Gasteiger partial charge in [0.1, 0.15) is 11.3 Å². The summed E-state index contributed by atoms with van der Waals surface area (Å²) in [7, 11) is 0. The first-order chi connectivity index (χ1) is 6.86. The van der Waals surface area contributed by atoms with Gasteiger partial charge >= 0.3 is 5.97 Å². The van der Waals surface area contributed by atoms with E-state index < -0.39 is 0 Å². The molecule has 1 aromatic rings. The van der Waals surface area contributed by atoms with Crippen molar-refractivity contribution in [3.05, 3.63) is 28.3 Å². The predicted molar refractivity (Wildman–Crippen MR) is 46.5 cm³/mol. The average Bonchev–Trinajstić information content (AvgIpc) is 2.65. The number of azo groups is 1. The standard InChI is InChI=1S/C9H5N3O2/c13-9-7-6(10-4-14-9)2-1-5-3-11-12-8(5)7/h1-3H,4H2. The van der Waals surface area contributed by atoms with Crippen molar-refractivity contribution >= 4 is 17.9 Å². The van der Waals surface area contributed by atoms with E-state index in [4.69, 9.17) is 4.74 Å². The molecule has 0 aromatic heterocycles. The Morgan fingerprint density at radius 2 is 2.29 bits per heavy atom. The quantitative estimate of drug-likeness (QED) is 0.547. The summed E-state index contributed by atoms with van der Waals surface area (Å²) < 4.78 is 4.81. The molecule has 0 fully saturated rings. The highest BCUT2D eigenvalue weighted by Gasteiger charge is 2.20. The number of rotatable bonds is 0. The van der Waals surface area contributed by atoms with Crippen LogP contribution in [0, 0.1) is 0 Å². The number of hydrogen-bond donors (Lipinski definition) is 0. The number of nitrogens with zero attached hydrogens (tertiary/aromatic N) is 3. The Kier molecular flexibility index (Phi) is 1.30. The molecule has 0 saturated heterocycles. The van der Waals surface area contributed by atoms with Crippen LogP contribution in [0.25, 0.3) is 6.20 Å². The molecule has 2 heterocycles. The largest absolute Gasteiger partial charge is 0.439 e. The summed E-state index contributed by atoms with van der Waals surface area (Å²) in [6.45, 7) is 0.0888. The first-order valence-electron chi connectivity index (χ1n) is 4.12. The summed E-state index contributed by atoms with van der Waals surface area (Å²) in [6, 6.07) is 3.62. The van der Waals surface area contributed by atoms with Gasteiger partial charge in [-0.25, -0.2) is 9.79 Å². The topological polar surface area (TPSA) is 63.4 Å². The Morgan fingerprint density at radius 3 is 3.21 bits per heavy atom. The number of ether oxygens (including phenoxy) is 1. The molecule has 3 rings (SSSR count). The van der Waals surface area contributed by atoms with Gasteiger partial charge in [0.25, 0.3) is 0 Å². The highest BCUT2D eigenvalue weighted by atomic mass is 16.5. The molecule has 0 aliphatic carbocycles. The summed E-state index contributed by atoms with van der Waals surface area (Å²) in [5, 5.41) is 9.08. The Morgan fingerprint density at radius 1 is 1.36 bits per heavy atom.